The highest BCUT2D eigenvalue weighted by molar-refractivity contribution is 5.12. The van der Waals surface area contributed by atoms with Gasteiger partial charge in [-0.25, -0.2) is 14.0 Å². The summed E-state index contributed by atoms with van der Waals surface area (Å²) in [5, 5.41) is 14.8. The Bertz CT molecular complexity index is 800. The molecule has 6 nitrogen and oxygen atoms in total. The van der Waals surface area contributed by atoms with Gasteiger partial charge in [-0.1, -0.05) is 41.5 Å². The molecule has 0 saturated heterocycles. The zero-order valence-corrected chi connectivity index (χ0v) is 19.0. The predicted molar refractivity (Wildman–Crippen MR) is 117 cm³/mol. The van der Waals surface area contributed by atoms with E-state index in [9.17, 15) is 0 Å². The molecule has 3 heterocycles. The fourth-order valence-corrected chi connectivity index (χ4v) is 3.45. The standard InChI is InChI=1S/C23H36N6/c1-8-17(4)20-11-14-27(24-20)23(7,28-15-12-21(25-28)18(5)9-2)29-16-13-22(26-29)19(6)10-3/h11-19H,8-10H2,1-7H3. The Morgan fingerprint density at radius 2 is 0.931 bits per heavy atom. The quantitative estimate of drug-likeness (QED) is 0.477. The van der Waals surface area contributed by atoms with Crippen LogP contribution in [0.25, 0.3) is 0 Å². The number of hydrogen-bond donors (Lipinski definition) is 0. The van der Waals surface area contributed by atoms with Crippen molar-refractivity contribution in [2.24, 2.45) is 0 Å². The van der Waals surface area contributed by atoms with Crippen molar-refractivity contribution in [1.82, 2.24) is 29.3 Å². The van der Waals surface area contributed by atoms with E-state index in [1.54, 1.807) is 0 Å². The minimum atomic E-state index is -0.691. The Morgan fingerprint density at radius 3 is 1.17 bits per heavy atom. The Hall–Kier alpha value is -2.37. The lowest BCUT2D eigenvalue weighted by Gasteiger charge is -2.31. The molecule has 0 aliphatic carbocycles. The molecule has 0 aliphatic rings. The molecule has 3 aromatic rings. The van der Waals surface area contributed by atoms with Gasteiger partial charge in [-0.15, -0.1) is 0 Å². The van der Waals surface area contributed by atoms with Gasteiger partial charge in [-0.05, 0) is 55.2 Å². The van der Waals surface area contributed by atoms with Crippen molar-refractivity contribution in [1.29, 1.82) is 0 Å². The summed E-state index contributed by atoms with van der Waals surface area (Å²) in [6.45, 7) is 15.4. The molecule has 0 radical (unpaired) electrons. The smallest absolute Gasteiger partial charge is 0.225 e. The molecule has 158 valence electrons. The average molecular weight is 397 g/mol. The maximum atomic E-state index is 4.95. The van der Waals surface area contributed by atoms with Crippen molar-refractivity contribution in [3.05, 3.63) is 53.9 Å². The van der Waals surface area contributed by atoms with Gasteiger partial charge in [0.25, 0.3) is 0 Å². The molecule has 6 heteroatoms. The fraction of sp³-hybridized carbons (Fsp3) is 0.609. The average Bonchev–Trinajstić information content (AvgIpc) is 3.50. The van der Waals surface area contributed by atoms with Gasteiger partial charge in [-0.3, -0.25) is 0 Å². The first-order chi connectivity index (χ1) is 13.8. The second-order valence-electron chi connectivity index (χ2n) is 8.45. The first-order valence-corrected chi connectivity index (χ1v) is 11.0. The summed E-state index contributed by atoms with van der Waals surface area (Å²) in [6.07, 6.45) is 9.35. The topological polar surface area (TPSA) is 53.5 Å². The molecule has 3 unspecified atom stereocenters. The van der Waals surface area contributed by atoms with Crippen LogP contribution < -0.4 is 0 Å². The van der Waals surface area contributed by atoms with E-state index < -0.39 is 5.79 Å². The number of rotatable bonds is 9. The van der Waals surface area contributed by atoms with Crippen molar-refractivity contribution in [2.45, 2.75) is 91.3 Å². The lowest BCUT2D eigenvalue weighted by Crippen LogP contribution is -2.46. The second-order valence-corrected chi connectivity index (χ2v) is 8.45. The molecule has 0 amide bonds. The monoisotopic (exact) mass is 396 g/mol. The molecule has 3 rings (SSSR count). The molecule has 29 heavy (non-hydrogen) atoms. The van der Waals surface area contributed by atoms with Gasteiger partial charge in [0.2, 0.25) is 5.79 Å². The highest BCUT2D eigenvalue weighted by atomic mass is 15.6. The van der Waals surface area contributed by atoms with Crippen molar-refractivity contribution in [3.63, 3.8) is 0 Å². The molecule has 0 aromatic carbocycles. The van der Waals surface area contributed by atoms with Crippen LogP contribution in [0, 0.1) is 0 Å². The zero-order chi connectivity index (χ0) is 21.2. The molecule has 3 atom stereocenters. The molecule has 3 aromatic heterocycles. The van der Waals surface area contributed by atoms with Crippen LogP contribution in [0.3, 0.4) is 0 Å². The number of nitrogens with zero attached hydrogens (tertiary/aromatic N) is 6. The van der Waals surface area contributed by atoms with Crippen molar-refractivity contribution in [3.8, 4) is 0 Å². The third-order valence-corrected chi connectivity index (χ3v) is 6.48. The Kier molecular flexibility index (Phi) is 6.30. The van der Waals surface area contributed by atoms with Crippen molar-refractivity contribution < 1.29 is 0 Å². The summed E-state index contributed by atoms with van der Waals surface area (Å²) in [4.78, 5) is 0. The Labute approximate surface area is 174 Å². The van der Waals surface area contributed by atoms with E-state index in [2.05, 4.69) is 85.3 Å². The van der Waals surface area contributed by atoms with Crippen LogP contribution in [-0.2, 0) is 5.79 Å². The zero-order valence-electron chi connectivity index (χ0n) is 19.0. The normalized spacial score (nSPS) is 17.1. The van der Waals surface area contributed by atoms with Crippen LogP contribution in [0.1, 0.15) is 103 Å². The second kappa shape index (κ2) is 8.56. The van der Waals surface area contributed by atoms with Crippen molar-refractivity contribution in [2.75, 3.05) is 0 Å². The third kappa shape index (κ3) is 3.89. The van der Waals surface area contributed by atoms with Crippen LogP contribution in [-0.4, -0.2) is 29.3 Å². The molecule has 0 aliphatic heterocycles. The summed E-state index contributed by atoms with van der Waals surface area (Å²) >= 11 is 0. The highest BCUT2D eigenvalue weighted by Gasteiger charge is 2.35. The summed E-state index contributed by atoms with van der Waals surface area (Å²) in [6, 6.07) is 6.35. The maximum absolute atomic E-state index is 4.95. The lowest BCUT2D eigenvalue weighted by molar-refractivity contribution is 0.138. The molecular formula is C23H36N6. The van der Waals surface area contributed by atoms with Gasteiger partial charge >= 0.3 is 0 Å². The lowest BCUT2D eigenvalue weighted by atomic mass is 10.1. The molecular weight excluding hydrogens is 360 g/mol. The molecule has 0 saturated carbocycles. The Morgan fingerprint density at radius 1 is 0.655 bits per heavy atom. The van der Waals surface area contributed by atoms with Gasteiger partial charge in [-0.2, -0.15) is 15.3 Å². The van der Waals surface area contributed by atoms with Gasteiger partial charge in [0, 0.05) is 25.5 Å². The maximum Gasteiger partial charge on any atom is 0.245 e. The summed E-state index contributed by atoms with van der Waals surface area (Å²) in [7, 11) is 0. The Balaban J connectivity index is 2.12. The van der Waals surface area contributed by atoms with Crippen molar-refractivity contribution >= 4 is 0 Å². The van der Waals surface area contributed by atoms with Crippen LogP contribution in [0.4, 0.5) is 0 Å². The molecule has 0 fully saturated rings. The summed E-state index contributed by atoms with van der Waals surface area (Å²) < 4.78 is 5.99. The van der Waals surface area contributed by atoms with Gasteiger partial charge < -0.3 is 0 Å². The van der Waals surface area contributed by atoms with E-state index in [1.807, 2.05) is 14.0 Å². The van der Waals surface area contributed by atoms with E-state index in [0.29, 0.717) is 17.8 Å². The largest absolute Gasteiger partial charge is 0.245 e. The molecule has 0 spiro atoms. The minimum absolute atomic E-state index is 0.419. The fourth-order valence-electron chi connectivity index (χ4n) is 3.45. The highest BCUT2D eigenvalue weighted by Crippen LogP contribution is 2.27. The van der Waals surface area contributed by atoms with E-state index in [1.165, 1.54) is 0 Å². The first kappa shape index (κ1) is 21.3. The summed E-state index contributed by atoms with van der Waals surface area (Å²) in [5.41, 5.74) is 3.30. The number of hydrogen-bond acceptors (Lipinski definition) is 3. The predicted octanol–water partition coefficient (Wildman–Crippen LogP) is 5.54. The SMILES string of the molecule is CCC(C)c1ccn(C(C)(n2ccc(C(C)CC)n2)n2ccc(C(C)CC)n2)n1. The van der Waals surface area contributed by atoms with E-state index in [4.69, 9.17) is 15.3 Å². The van der Waals surface area contributed by atoms with E-state index >= 15 is 0 Å². The minimum Gasteiger partial charge on any atom is -0.225 e. The van der Waals surface area contributed by atoms with E-state index in [-0.39, 0.29) is 0 Å². The van der Waals surface area contributed by atoms with Crippen LogP contribution in [0.2, 0.25) is 0 Å². The third-order valence-electron chi connectivity index (χ3n) is 6.48. The van der Waals surface area contributed by atoms with Crippen LogP contribution in [0.5, 0.6) is 0 Å². The van der Waals surface area contributed by atoms with Gasteiger partial charge in [0.1, 0.15) is 0 Å². The molecule has 0 N–H and O–H groups in total. The number of aromatic nitrogens is 6. The van der Waals surface area contributed by atoms with E-state index in [0.717, 1.165) is 36.3 Å². The van der Waals surface area contributed by atoms with Gasteiger partial charge in [0.15, 0.2) is 0 Å². The molecule has 0 bridgehead atoms. The van der Waals surface area contributed by atoms with Crippen LogP contribution in [0.15, 0.2) is 36.8 Å². The first-order valence-electron chi connectivity index (χ1n) is 11.0. The van der Waals surface area contributed by atoms with Crippen LogP contribution >= 0.6 is 0 Å². The van der Waals surface area contributed by atoms with Gasteiger partial charge in [0.05, 0.1) is 17.1 Å². The summed E-state index contributed by atoms with van der Waals surface area (Å²) in [5.74, 6) is 0.564.